The van der Waals surface area contributed by atoms with Gasteiger partial charge in [-0.3, -0.25) is 0 Å². The van der Waals surface area contributed by atoms with E-state index in [9.17, 15) is 0 Å². The van der Waals surface area contributed by atoms with Crippen molar-refractivity contribution < 1.29 is 15.6 Å². The van der Waals surface area contributed by atoms with E-state index in [1.807, 2.05) is 0 Å². The van der Waals surface area contributed by atoms with Crippen LogP contribution >= 0.6 is 17.0 Å². The molecule has 2 aliphatic rings. The maximum absolute atomic E-state index is 8.95. The third kappa shape index (κ3) is 5.88. The molecule has 0 saturated carbocycles. The molecule has 0 heterocycles. The predicted octanol–water partition coefficient (Wildman–Crippen LogP) is 14.4. The number of aryl methyl sites for hydroxylation is 4. The molecule has 4 unspecified atom stereocenters. The zero-order chi connectivity index (χ0) is 36.1. The number of benzene rings is 4. The van der Waals surface area contributed by atoms with Crippen molar-refractivity contribution in [2.45, 2.75) is 101 Å². The first-order valence-corrected chi connectivity index (χ1v) is 35.6. The van der Waals surface area contributed by atoms with E-state index in [4.69, 9.17) is 17.0 Å². The molecule has 4 aromatic carbocycles. The van der Waals surface area contributed by atoms with Crippen molar-refractivity contribution in [1.29, 1.82) is 0 Å². The van der Waals surface area contributed by atoms with Crippen molar-refractivity contribution in [3.63, 3.8) is 0 Å². The molecule has 0 aromatic heterocycles. The van der Waals surface area contributed by atoms with Gasteiger partial charge in [-0.25, -0.2) is 0 Å². The van der Waals surface area contributed by atoms with Crippen LogP contribution in [-0.2, 0) is 28.4 Å². The Morgan fingerprint density at radius 2 is 0.980 bits per heavy atom. The van der Waals surface area contributed by atoms with Gasteiger partial charge in [0, 0.05) is 0 Å². The Morgan fingerprint density at radius 3 is 1.30 bits per heavy atom. The molecular formula is C46H57Cl2SiZr. The first-order valence-electron chi connectivity index (χ1n) is 19.3. The summed E-state index contributed by atoms with van der Waals surface area (Å²) in [7, 11) is 17.9. The molecule has 6 rings (SSSR count). The zero-order valence-corrected chi connectivity index (χ0v) is 37.2. The number of hydrogen-bond acceptors (Lipinski definition) is 0. The Labute approximate surface area is 312 Å². The van der Waals surface area contributed by atoms with E-state index in [-0.39, 0.29) is 7.25 Å². The summed E-state index contributed by atoms with van der Waals surface area (Å²) in [5, 5.41) is 0. The van der Waals surface area contributed by atoms with Crippen LogP contribution in [0.15, 0.2) is 83.9 Å². The molecule has 4 atom stereocenters. The van der Waals surface area contributed by atoms with Crippen LogP contribution in [0.1, 0.15) is 106 Å². The van der Waals surface area contributed by atoms with E-state index in [1.54, 1.807) is 0 Å². The topological polar surface area (TPSA) is 0 Å². The second kappa shape index (κ2) is 14.5. The molecule has 0 amide bonds. The van der Waals surface area contributed by atoms with Crippen LogP contribution in [0, 0.1) is 25.7 Å². The molecule has 50 heavy (non-hydrogen) atoms. The van der Waals surface area contributed by atoms with Gasteiger partial charge >= 0.3 is 315 Å². The predicted molar refractivity (Wildman–Crippen MR) is 223 cm³/mol. The second-order valence-electron chi connectivity index (χ2n) is 15.7. The Balaban J connectivity index is 1.70. The van der Waals surface area contributed by atoms with Crippen LogP contribution in [0.2, 0.25) is 13.1 Å². The van der Waals surface area contributed by atoms with Crippen molar-refractivity contribution >= 4 is 35.1 Å². The van der Waals surface area contributed by atoms with Gasteiger partial charge in [-0.05, 0) is 0 Å². The third-order valence-electron chi connectivity index (χ3n) is 12.8. The quantitative estimate of drug-likeness (QED) is 0.133. The van der Waals surface area contributed by atoms with Crippen LogP contribution < -0.4 is 0 Å². The normalized spacial score (nSPS) is 19.0. The van der Waals surface area contributed by atoms with Gasteiger partial charge < -0.3 is 0 Å². The summed E-state index contributed by atoms with van der Waals surface area (Å²) in [5.41, 5.74) is 19.4. The number of halogens is 2. The average molecular weight is 800 g/mol. The third-order valence-corrected chi connectivity index (χ3v) is 64.5. The monoisotopic (exact) mass is 797 g/mol. The van der Waals surface area contributed by atoms with E-state index in [1.165, 1.54) is 77.9 Å². The SMILES string of the molecule is CCc1ccc2c(c1-c1ccccc1C)C=C(C(C)CC)[CH]2[Zr]([Cl])([Cl])([CH]1C(C(C)CC)=Cc2c1ccc(CC)c2-c1ccccc1C)[SiH](C)C. The van der Waals surface area contributed by atoms with Gasteiger partial charge in [0.05, 0.1) is 0 Å². The molecule has 0 radical (unpaired) electrons. The van der Waals surface area contributed by atoms with Gasteiger partial charge in [0.15, 0.2) is 0 Å². The van der Waals surface area contributed by atoms with Crippen molar-refractivity contribution in [2.24, 2.45) is 11.8 Å². The van der Waals surface area contributed by atoms with E-state index in [0.717, 1.165) is 25.7 Å². The van der Waals surface area contributed by atoms with Crippen LogP contribution in [0.4, 0.5) is 0 Å². The molecule has 4 aromatic rings. The zero-order valence-electron chi connectivity index (χ0n) is 32.1. The minimum atomic E-state index is -4.99. The Kier molecular flexibility index (Phi) is 10.9. The van der Waals surface area contributed by atoms with Crippen molar-refractivity contribution in [3.8, 4) is 22.3 Å². The van der Waals surface area contributed by atoms with E-state index in [2.05, 4.69) is 153 Å². The van der Waals surface area contributed by atoms with E-state index in [0.29, 0.717) is 11.8 Å². The average Bonchev–Trinajstić information content (AvgIpc) is 3.72. The molecule has 4 heteroatoms. The summed E-state index contributed by atoms with van der Waals surface area (Å²) in [6.45, 7) is 23.6. The molecule has 0 saturated heterocycles. The fourth-order valence-corrected chi connectivity index (χ4v) is 40.6. The molecule has 0 nitrogen and oxygen atoms in total. The number of fused-ring (bicyclic) bond motifs is 2. The van der Waals surface area contributed by atoms with Crippen LogP contribution in [0.25, 0.3) is 34.4 Å². The van der Waals surface area contributed by atoms with Crippen molar-refractivity contribution in [2.75, 3.05) is 0 Å². The summed E-state index contributed by atoms with van der Waals surface area (Å²) < 4.78 is 0.169. The van der Waals surface area contributed by atoms with Gasteiger partial charge in [-0.2, -0.15) is 0 Å². The van der Waals surface area contributed by atoms with Gasteiger partial charge in [0.1, 0.15) is 0 Å². The molecule has 0 spiro atoms. The van der Waals surface area contributed by atoms with Gasteiger partial charge in [0.2, 0.25) is 0 Å². The maximum atomic E-state index is 8.95. The Bertz CT molecular complexity index is 1860. The Hall–Kier alpha value is -1.96. The fraction of sp³-hybridized carbons (Fsp3) is 0.391. The van der Waals surface area contributed by atoms with Crippen LogP contribution in [-0.4, -0.2) is 5.92 Å². The second-order valence-corrected chi connectivity index (χ2v) is 58.2. The number of allylic oxidation sites excluding steroid dienone is 2. The molecule has 0 aliphatic heterocycles. The molecule has 0 bridgehead atoms. The Morgan fingerprint density at radius 1 is 0.600 bits per heavy atom. The summed E-state index contributed by atoms with van der Waals surface area (Å²) >= 11 is -4.99. The summed E-state index contributed by atoms with van der Waals surface area (Å²) in [4.78, 5) is 0. The molecule has 2 aliphatic carbocycles. The van der Waals surface area contributed by atoms with Gasteiger partial charge in [0.25, 0.3) is 0 Å². The summed E-state index contributed by atoms with van der Waals surface area (Å²) in [5.74, 6) is -0.918. The standard InChI is InChI=1S/2C22H25.C2H7Si.2ClH.Zr/c2*1-5-15(3)19-13-18-12-11-17(6-2)22(21(18)14-19)20-10-8-7-9-16(20)4;1-3-2;;;/h2*7-15H,5-6H2,1-4H3;3H,1-2H3;2*1H;/q;;;;;+2/p-2. The van der Waals surface area contributed by atoms with E-state index >= 15 is 0 Å². The summed E-state index contributed by atoms with van der Waals surface area (Å²) in [6, 6.07) is 27.5. The molecular weight excluding hydrogens is 743 g/mol. The molecule has 0 fully saturated rings. The fourth-order valence-electron chi connectivity index (χ4n) is 9.36. The van der Waals surface area contributed by atoms with Crippen molar-refractivity contribution in [1.82, 2.24) is 0 Å². The number of hydrogen-bond donors (Lipinski definition) is 0. The molecule has 263 valence electrons. The first kappa shape index (κ1) is 37.8. The van der Waals surface area contributed by atoms with Gasteiger partial charge in [-0.15, -0.1) is 0 Å². The number of rotatable bonds is 11. The van der Waals surface area contributed by atoms with Gasteiger partial charge in [-0.1, -0.05) is 0 Å². The van der Waals surface area contributed by atoms with E-state index < -0.39 is 21.5 Å². The first-order chi connectivity index (χ1) is 23.8. The van der Waals surface area contributed by atoms with Crippen molar-refractivity contribution in [3.05, 3.63) is 128 Å². The van der Waals surface area contributed by atoms with Crippen LogP contribution in [0.3, 0.4) is 0 Å². The van der Waals surface area contributed by atoms with Crippen LogP contribution in [0.5, 0.6) is 0 Å². The molecule has 0 N–H and O–H groups in total. The minimum absolute atomic E-state index is 0.0845. The summed E-state index contributed by atoms with van der Waals surface area (Å²) in [6.07, 6.45) is 9.27.